The van der Waals surface area contributed by atoms with E-state index in [2.05, 4.69) is 26.1 Å². The van der Waals surface area contributed by atoms with E-state index < -0.39 is 0 Å². The number of likely N-dealkylation sites (tertiary alicyclic amines) is 1. The fourth-order valence-corrected chi connectivity index (χ4v) is 3.39. The molecule has 1 saturated heterocycles. The first-order chi connectivity index (χ1) is 11.6. The van der Waals surface area contributed by atoms with Gasteiger partial charge in [-0.1, -0.05) is 32.9 Å². The monoisotopic (exact) mass is 342 g/mol. The molecule has 2 aromatic rings. The summed E-state index contributed by atoms with van der Waals surface area (Å²) in [7, 11) is 0. The summed E-state index contributed by atoms with van der Waals surface area (Å²) in [5, 5.41) is 3.91. The second-order valence-electron chi connectivity index (χ2n) is 8.27. The third kappa shape index (κ3) is 3.70. The molecule has 5 nitrogen and oxygen atoms in total. The molecule has 1 N–H and O–H groups in total. The summed E-state index contributed by atoms with van der Waals surface area (Å²) in [5.74, 6) is 0.182. The normalized spacial score (nSPS) is 18.2. The van der Waals surface area contributed by atoms with Crippen LogP contribution in [0, 0.1) is 19.3 Å². The topological polar surface area (TPSA) is 62.6 Å². The molecule has 1 aromatic carbocycles. The van der Waals surface area contributed by atoms with Crippen LogP contribution in [-0.4, -0.2) is 35.8 Å². The lowest BCUT2D eigenvalue weighted by Crippen LogP contribution is -2.39. The molecule has 1 fully saturated rings. The van der Waals surface area contributed by atoms with E-state index >= 15 is 0 Å². The number of furan rings is 1. The van der Waals surface area contributed by atoms with E-state index in [-0.39, 0.29) is 23.3 Å². The Kier molecular flexibility index (Phi) is 4.35. The number of hydrogen-bond donors (Lipinski definition) is 1. The van der Waals surface area contributed by atoms with Gasteiger partial charge in [0.15, 0.2) is 5.76 Å². The Bertz CT molecular complexity index is 829. The first kappa shape index (κ1) is 17.5. The smallest absolute Gasteiger partial charge is 0.287 e. The molecular weight excluding hydrogens is 316 g/mol. The van der Waals surface area contributed by atoms with Crippen molar-refractivity contribution >= 4 is 22.8 Å². The lowest BCUT2D eigenvalue weighted by molar-refractivity contribution is -0.128. The van der Waals surface area contributed by atoms with Gasteiger partial charge in [-0.05, 0) is 30.9 Å². The summed E-state index contributed by atoms with van der Waals surface area (Å²) < 4.78 is 5.78. The summed E-state index contributed by atoms with van der Waals surface area (Å²) in [6, 6.07) is 5.75. The van der Waals surface area contributed by atoms with Crippen molar-refractivity contribution in [3.05, 3.63) is 35.1 Å². The van der Waals surface area contributed by atoms with Crippen LogP contribution in [0.25, 0.3) is 11.0 Å². The van der Waals surface area contributed by atoms with Gasteiger partial charge in [0.05, 0.1) is 6.04 Å². The summed E-state index contributed by atoms with van der Waals surface area (Å²) in [5.41, 5.74) is 2.69. The predicted molar refractivity (Wildman–Crippen MR) is 97.6 cm³/mol. The van der Waals surface area contributed by atoms with Crippen LogP contribution in [0.1, 0.15) is 48.9 Å². The highest BCUT2D eigenvalue weighted by Gasteiger charge is 2.33. The van der Waals surface area contributed by atoms with Crippen molar-refractivity contribution in [2.24, 2.45) is 5.41 Å². The van der Waals surface area contributed by atoms with Crippen molar-refractivity contribution in [1.82, 2.24) is 10.2 Å². The van der Waals surface area contributed by atoms with Crippen LogP contribution in [0.2, 0.25) is 0 Å². The molecule has 25 heavy (non-hydrogen) atoms. The van der Waals surface area contributed by atoms with Crippen molar-refractivity contribution in [1.29, 1.82) is 0 Å². The number of hydrogen-bond acceptors (Lipinski definition) is 3. The van der Waals surface area contributed by atoms with Gasteiger partial charge in [0.2, 0.25) is 5.91 Å². The van der Waals surface area contributed by atoms with E-state index in [1.54, 1.807) is 0 Å². The molecule has 134 valence electrons. The maximum atomic E-state index is 12.6. The summed E-state index contributed by atoms with van der Waals surface area (Å²) in [6.07, 6.45) is 0.347. The van der Waals surface area contributed by atoms with Gasteiger partial charge >= 0.3 is 0 Å². The number of nitrogens with zero attached hydrogens (tertiary/aromatic N) is 1. The number of rotatable bonds is 3. The Hall–Kier alpha value is -2.30. The second-order valence-corrected chi connectivity index (χ2v) is 8.27. The molecule has 0 aliphatic carbocycles. The molecule has 0 bridgehead atoms. The van der Waals surface area contributed by atoms with Crippen molar-refractivity contribution in [3.63, 3.8) is 0 Å². The SMILES string of the molecule is Cc1ccc2c(C)c(C(=O)N[C@@H]3CC(=O)N(CC(C)(C)C)C3)oc2c1. The summed E-state index contributed by atoms with van der Waals surface area (Å²) in [4.78, 5) is 26.6. The van der Waals surface area contributed by atoms with Crippen molar-refractivity contribution in [2.45, 2.75) is 47.1 Å². The average Bonchev–Trinajstić information content (AvgIpc) is 2.98. The minimum Gasteiger partial charge on any atom is -0.451 e. The van der Waals surface area contributed by atoms with Crippen LogP contribution in [0.15, 0.2) is 22.6 Å². The molecule has 0 saturated carbocycles. The molecule has 2 heterocycles. The van der Waals surface area contributed by atoms with Crippen LogP contribution < -0.4 is 5.32 Å². The highest BCUT2D eigenvalue weighted by molar-refractivity contribution is 5.99. The molecule has 1 aromatic heterocycles. The maximum Gasteiger partial charge on any atom is 0.287 e. The molecule has 1 aliphatic rings. The first-order valence-corrected chi connectivity index (χ1v) is 8.72. The van der Waals surface area contributed by atoms with E-state index in [1.807, 2.05) is 36.9 Å². The molecule has 5 heteroatoms. The molecule has 0 unspecified atom stereocenters. The van der Waals surface area contributed by atoms with Gasteiger partial charge in [-0.25, -0.2) is 0 Å². The van der Waals surface area contributed by atoms with Crippen LogP contribution in [0.3, 0.4) is 0 Å². The van der Waals surface area contributed by atoms with Gasteiger partial charge in [-0.15, -0.1) is 0 Å². The number of carbonyl (C=O) groups is 2. The standard InChI is InChI=1S/C20H26N2O3/c1-12-6-7-15-13(2)18(25-16(15)8-12)19(24)21-14-9-17(23)22(10-14)11-20(3,4)5/h6-8,14H,9-11H2,1-5H3,(H,21,24)/t14-/m1/s1. The molecule has 0 radical (unpaired) electrons. The van der Waals surface area contributed by atoms with Crippen molar-refractivity contribution < 1.29 is 14.0 Å². The molecule has 1 atom stereocenters. The van der Waals surface area contributed by atoms with Crippen molar-refractivity contribution in [3.8, 4) is 0 Å². The van der Waals surface area contributed by atoms with E-state index in [4.69, 9.17) is 4.42 Å². The molecule has 1 aliphatic heterocycles. The van der Waals surface area contributed by atoms with Gasteiger partial charge in [0, 0.05) is 30.5 Å². The quantitative estimate of drug-likeness (QED) is 0.929. The third-order valence-electron chi connectivity index (χ3n) is 4.51. The number of benzene rings is 1. The summed E-state index contributed by atoms with van der Waals surface area (Å²) in [6.45, 7) is 11.4. The number of nitrogens with one attached hydrogen (secondary N) is 1. The highest BCUT2D eigenvalue weighted by atomic mass is 16.3. The third-order valence-corrected chi connectivity index (χ3v) is 4.51. The minimum atomic E-state index is -0.248. The van der Waals surface area contributed by atoms with E-state index in [1.165, 1.54) is 0 Å². The predicted octanol–water partition coefficient (Wildman–Crippen LogP) is 3.43. The second kappa shape index (κ2) is 6.21. The lowest BCUT2D eigenvalue weighted by Gasteiger charge is -2.26. The zero-order chi connectivity index (χ0) is 18.4. The molecule has 0 spiro atoms. The van der Waals surface area contributed by atoms with Crippen LogP contribution in [0.4, 0.5) is 0 Å². The van der Waals surface area contributed by atoms with Gasteiger partial charge in [-0.3, -0.25) is 9.59 Å². The van der Waals surface area contributed by atoms with Crippen LogP contribution in [-0.2, 0) is 4.79 Å². The number of amides is 2. The fraction of sp³-hybridized carbons (Fsp3) is 0.500. The van der Waals surface area contributed by atoms with Gasteiger partial charge in [0.25, 0.3) is 5.91 Å². The number of fused-ring (bicyclic) bond motifs is 1. The molecule has 3 rings (SSSR count). The number of aryl methyl sites for hydroxylation is 2. The number of carbonyl (C=O) groups excluding carboxylic acids is 2. The Morgan fingerprint density at radius 2 is 2.04 bits per heavy atom. The van der Waals surface area contributed by atoms with Crippen LogP contribution >= 0.6 is 0 Å². The van der Waals surface area contributed by atoms with Gasteiger partial charge in [0.1, 0.15) is 5.58 Å². The zero-order valence-corrected chi connectivity index (χ0v) is 15.6. The Labute approximate surface area is 148 Å². The van der Waals surface area contributed by atoms with Gasteiger partial charge in [-0.2, -0.15) is 0 Å². The van der Waals surface area contributed by atoms with Crippen molar-refractivity contribution in [2.75, 3.05) is 13.1 Å². The lowest BCUT2D eigenvalue weighted by atomic mass is 9.96. The Morgan fingerprint density at radius 1 is 1.32 bits per heavy atom. The minimum absolute atomic E-state index is 0.0434. The molecule has 2 amide bonds. The first-order valence-electron chi connectivity index (χ1n) is 8.72. The van der Waals surface area contributed by atoms with E-state index in [0.29, 0.717) is 25.3 Å². The largest absolute Gasteiger partial charge is 0.451 e. The zero-order valence-electron chi connectivity index (χ0n) is 15.6. The van der Waals surface area contributed by atoms with E-state index in [9.17, 15) is 9.59 Å². The maximum absolute atomic E-state index is 12.6. The summed E-state index contributed by atoms with van der Waals surface area (Å²) >= 11 is 0. The highest BCUT2D eigenvalue weighted by Crippen LogP contribution is 2.26. The Morgan fingerprint density at radius 3 is 2.72 bits per heavy atom. The molecular formula is C20H26N2O3. The van der Waals surface area contributed by atoms with Crippen LogP contribution in [0.5, 0.6) is 0 Å². The average molecular weight is 342 g/mol. The van der Waals surface area contributed by atoms with Gasteiger partial charge < -0.3 is 14.6 Å². The van der Waals surface area contributed by atoms with E-state index in [0.717, 1.165) is 22.1 Å². The fourth-order valence-electron chi connectivity index (χ4n) is 3.39. The Balaban J connectivity index is 1.73.